The predicted molar refractivity (Wildman–Crippen MR) is 95.3 cm³/mol. The average molecular weight is 378 g/mol. The van der Waals surface area contributed by atoms with Gasteiger partial charge in [-0.25, -0.2) is 9.59 Å². The van der Waals surface area contributed by atoms with Gasteiger partial charge in [0.25, 0.3) is 0 Å². The number of hydrogen-bond acceptors (Lipinski definition) is 7. The van der Waals surface area contributed by atoms with E-state index >= 15 is 0 Å². The maximum absolute atomic E-state index is 12.4. The number of carbonyl (C=O) groups excluding carboxylic acids is 2. The monoisotopic (exact) mass is 378 g/mol. The lowest BCUT2D eigenvalue weighted by Gasteiger charge is -2.34. The zero-order valence-corrected chi connectivity index (χ0v) is 16.0. The van der Waals surface area contributed by atoms with Crippen molar-refractivity contribution in [2.45, 2.75) is 70.2 Å². The van der Waals surface area contributed by atoms with Crippen LogP contribution in [0.5, 0.6) is 0 Å². The van der Waals surface area contributed by atoms with Crippen molar-refractivity contribution >= 4 is 11.9 Å². The molecule has 3 aliphatic heterocycles. The maximum Gasteiger partial charge on any atom is 0.334 e. The van der Waals surface area contributed by atoms with Crippen molar-refractivity contribution in [3.05, 3.63) is 35.5 Å². The van der Waals surface area contributed by atoms with Crippen molar-refractivity contribution < 1.29 is 34.0 Å². The summed E-state index contributed by atoms with van der Waals surface area (Å²) >= 11 is 0. The van der Waals surface area contributed by atoms with E-state index in [4.69, 9.17) is 14.2 Å². The Balaban J connectivity index is 2.07. The second-order valence-corrected chi connectivity index (χ2v) is 7.81. The van der Waals surface area contributed by atoms with Crippen LogP contribution < -0.4 is 0 Å². The van der Waals surface area contributed by atoms with Gasteiger partial charge in [0.05, 0.1) is 17.6 Å². The Kier molecular flexibility index (Phi) is 4.82. The van der Waals surface area contributed by atoms with E-state index < -0.39 is 47.6 Å². The molecule has 2 saturated heterocycles. The highest BCUT2D eigenvalue weighted by Crippen LogP contribution is 2.48. The summed E-state index contributed by atoms with van der Waals surface area (Å²) in [5.41, 5.74) is -0.120. The summed E-state index contributed by atoms with van der Waals surface area (Å²) in [5.74, 6) is -3.39. The molecule has 0 aromatic carbocycles. The van der Waals surface area contributed by atoms with Crippen LogP contribution >= 0.6 is 0 Å². The number of esters is 2. The fraction of sp³-hybridized carbons (Fsp3) is 0.600. The van der Waals surface area contributed by atoms with E-state index in [0.29, 0.717) is 11.1 Å². The van der Waals surface area contributed by atoms with Crippen molar-refractivity contribution in [3.63, 3.8) is 0 Å². The Morgan fingerprint density at radius 2 is 2.11 bits per heavy atom. The number of aliphatic hydroxyl groups is 2. The Hall–Kier alpha value is -1.96. The molecule has 2 fully saturated rings. The Morgan fingerprint density at radius 3 is 2.74 bits per heavy atom. The van der Waals surface area contributed by atoms with Crippen molar-refractivity contribution in [3.8, 4) is 0 Å². The molecule has 0 saturated carbocycles. The quantitative estimate of drug-likeness (QED) is 0.427. The summed E-state index contributed by atoms with van der Waals surface area (Å²) < 4.78 is 17.0. The lowest BCUT2D eigenvalue weighted by molar-refractivity contribution is -0.208. The maximum atomic E-state index is 12.4. The molecule has 3 rings (SSSR count). The van der Waals surface area contributed by atoms with E-state index in [1.54, 1.807) is 39.8 Å². The molecule has 0 unspecified atom stereocenters. The van der Waals surface area contributed by atoms with Gasteiger partial charge in [-0.1, -0.05) is 12.7 Å². The van der Waals surface area contributed by atoms with Crippen LogP contribution in [0.3, 0.4) is 0 Å². The molecule has 3 aliphatic rings. The van der Waals surface area contributed by atoms with Crippen molar-refractivity contribution in [2.24, 2.45) is 5.92 Å². The van der Waals surface area contributed by atoms with Crippen molar-refractivity contribution in [1.82, 2.24) is 0 Å². The first-order valence-electron chi connectivity index (χ1n) is 9.04. The minimum atomic E-state index is -1.67. The van der Waals surface area contributed by atoms with Gasteiger partial charge >= 0.3 is 11.9 Å². The Bertz CT molecular complexity index is 751. The van der Waals surface area contributed by atoms with E-state index in [1.165, 1.54) is 0 Å². The van der Waals surface area contributed by atoms with Gasteiger partial charge in [0, 0.05) is 24.0 Å². The van der Waals surface area contributed by atoms with Crippen molar-refractivity contribution in [2.75, 3.05) is 0 Å². The summed E-state index contributed by atoms with van der Waals surface area (Å²) in [7, 11) is 0. The fourth-order valence-corrected chi connectivity index (χ4v) is 3.94. The van der Waals surface area contributed by atoms with E-state index in [0.717, 1.165) is 0 Å². The molecule has 0 aromatic rings. The van der Waals surface area contributed by atoms with Crippen LogP contribution in [-0.4, -0.2) is 51.9 Å². The van der Waals surface area contributed by atoms with Gasteiger partial charge < -0.3 is 24.4 Å². The predicted octanol–water partition coefficient (Wildman–Crippen LogP) is 1.54. The standard InChI is InChI=1S/C20H26O7/c1-6-10(2)17(22)26-14-8-19(5)15(21)9-20(24,27-19)11(3)7-13-16(14)12(4)18(23)25-13/h6-7,13-16,21,24H,4,8-9H2,1-3,5H3/b10-6-,11-7-/t13-,14-,15-,16+,19+,20+/m1/s1. The minimum absolute atomic E-state index is 0.0212. The molecule has 7 nitrogen and oxygen atoms in total. The molecule has 148 valence electrons. The molecule has 7 heteroatoms. The molecule has 2 N–H and O–H groups in total. The third-order valence-electron chi connectivity index (χ3n) is 5.89. The van der Waals surface area contributed by atoms with Crippen LogP contribution in [0.1, 0.15) is 40.5 Å². The molecule has 0 aromatic heterocycles. The highest BCUT2D eigenvalue weighted by Gasteiger charge is 2.58. The highest BCUT2D eigenvalue weighted by molar-refractivity contribution is 5.92. The number of fused-ring (bicyclic) bond motifs is 3. The Morgan fingerprint density at radius 1 is 1.44 bits per heavy atom. The van der Waals surface area contributed by atoms with Crippen LogP contribution in [-0.2, 0) is 23.8 Å². The van der Waals surface area contributed by atoms with E-state index in [9.17, 15) is 19.8 Å². The average Bonchev–Trinajstić information content (AvgIpc) is 2.99. The van der Waals surface area contributed by atoms with Crippen LogP contribution in [0, 0.1) is 5.92 Å². The number of allylic oxidation sites excluding steroid dienone is 1. The minimum Gasteiger partial charge on any atom is -0.458 e. The number of aliphatic hydroxyl groups excluding tert-OH is 1. The molecule has 0 amide bonds. The van der Waals surface area contributed by atoms with Gasteiger partial charge in [-0.2, -0.15) is 0 Å². The largest absolute Gasteiger partial charge is 0.458 e. The molecular formula is C20H26O7. The molecular weight excluding hydrogens is 352 g/mol. The van der Waals surface area contributed by atoms with E-state index in [-0.39, 0.29) is 18.4 Å². The number of ether oxygens (including phenoxy) is 3. The molecule has 6 atom stereocenters. The van der Waals surface area contributed by atoms with E-state index in [2.05, 4.69) is 6.58 Å². The summed E-state index contributed by atoms with van der Waals surface area (Å²) in [6, 6.07) is 0. The first-order valence-corrected chi connectivity index (χ1v) is 9.04. The van der Waals surface area contributed by atoms with Crippen molar-refractivity contribution in [1.29, 1.82) is 0 Å². The lowest BCUT2D eigenvalue weighted by Crippen LogP contribution is -2.44. The number of hydrogen-bond donors (Lipinski definition) is 2. The first kappa shape index (κ1) is 19.8. The van der Waals surface area contributed by atoms with E-state index in [1.807, 2.05) is 0 Å². The van der Waals surface area contributed by atoms with Gasteiger partial charge in [0.2, 0.25) is 0 Å². The van der Waals surface area contributed by atoms with Gasteiger partial charge in [-0.15, -0.1) is 0 Å². The third kappa shape index (κ3) is 3.24. The van der Waals surface area contributed by atoms with Gasteiger partial charge in [0.15, 0.2) is 5.79 Å². The SMILES string of the molecule is C=C1C(=O)O[C@@H]2/C=C(/C)[C@]3(O)C[C@@H](O)[C@](C)(C[C@@H](OC(=O)/C(C)=C\C)[C@@H]12)O3. The summed E-state index contributed by atoms with van der Waals surface area (Å²) in [4.78, 5) is 24.5. The Labute approximate surface area is 158 Å². The lowest BCUT2D eigenvalue weighted by atomic mass is 9.80. The van der Waals surface area contributed by atoms with Crippen LogP contribution in [0.15, 0.2) is 35.5 Å². The number of carbonyl (C=O) groups is 2. The summed E-state index contributed by atoms with van der Waals surface area (Å²) in [6.07, 6.45) is 0.753. The first-order chi connectivity index (χ1) is 12.5. The highest BCUT2D eigenvalue weighted by atomic mass is 16.7. The van der Waals surface area contributed by atoms with Crippen LogP contribution in [0.2, 0.25) is 0 Å². The molecule has 3 heterocycles. The third-order valence-corrected chi connectivity index (χ3v) is 5.89. The fourth-order valence-electron chi connectivity index (χ4n) is 3.94. The van der Waals surface area contributed by atoms with Gasteiger partial charge in [-0.3, -0.25) is 0 Å². The van der Waals surface area contributed by atoms with Crippen LogP contribution in [0.4, 0.5) is 0 Å². The molecule has 0 aliphatic carbocycles. The topological polar surface area (TPSA) is 102 Å². The smallest absolute Gasteiger partial charge is 0.334 e. The molecule has 0 radical (unpaired) electrons. The second kappa shape index (κ2) is 6.58. The molecule has 2 bridgehead atoms. The zero-order valence-electron chi connectivity index (χ0n) is 16.0. The number of rotatable bonds is 2. The summed E-state index contributed by atoms with van der Waals surface area (Å²) in [5, 5.41) is 21.4. The molecule has 0 spiro atoms. The van der Waals surface area contributed by atoms with Crippen LogP contribution in [0.25, 0.3) is 0 Å². The van der Waals surface area contributed by atoms with Gasteiger partial charge in [-0.05, 0) is 39.3 Å². The molecule has 27 heavy (non-hydrogen) atoms. The second-order valence-electron chi connectivity index (χ2n) is 7.81. The zero-order chi connectivity index (χ0) is 20.1. The van der Waals surface area contributed by atoms with Gasteiger partial charge in [0.1, 0.15) is 12.2 Å². The normalized spacial score (nSPS) is 43.8. The summed E-state index contributed by atoms with van der Waals surface area (Å²) in [6.45, 7) is 10.5.